The minimum absolute atomic E-state index is 0.285. The van der Waals surface area contributed by atoms with Crippen molar-refractivity contribution in [3.63, 3.8) is 0 Å². The molecular formula is C15H28N2O2. The predicted octanol–water partition coefficient (Wildman–Crippen LogP) is 1.89. The molecule has 0 aromatic rings. The summed E-state index contributed by atoms with van der Waals surface area (Å²) in [7, 11) is 1.66. The van der Waals surface area contributed by atoms with Crippen molar-refractivity contribution in [2.24, 2.45) is 0 Å². The molecule has 0 bridgehead atoms. The minimum atomic E-state index is 0.285. The van der Waals surface area contributed by atoms with Crippen LogP contribution in [0.5, 0.6) is 0 Å². The van der Waals surface area contributed by atoms with Gasteiger partial charge in [-0.2, -0.15) is 0 Å². The Bertz CT molecular complexity index is 277. The van der Waals surface area contributed by atoms with E-state index in [2.05, 4.69) is 9.80 Å². The molecule has 4 nitrogen and oxygen atoms in total. The molecule has 0 N–H and O–H groups in total. The molecule has 0 aliphatic carbocycles. The van der Waals surface area contributed by atoms with Gasteiger partial charge in [-0.1, -0.05) is 0 Å². The van der Waals surface area contributed by atoms with E-state index in [-0.39, 0.29) is 5.91 Å². The molecular weight excluding hydrogens is 240 g/mol. The molecule has 0 aromatic heterocycles. The second-order valence-electron chi connectivity index (χ2n) is 5.82. The molecule has 2 rings (SSSR count). The zero-order valence-corrected chi connectivity index (χ0v) is 12.3. The van der Waals surface area contributed by atoms with E-state index in [1.54, 1.807) is 7.11 Å². The topological polar surface area (TPSA) is 32.8 Å². The van der Waals surface area contributed by atoms with Crippen molar-refractivity contribution in [2.75, 3.05) is 39.9 Å². The SMILES string of the molecule is COCCC(=O)N1CCCCC1CCN1CCCC1. The molecule has 2 aliphatic heterocycles. The summed E-state index contributed by atoms with van der Waals surface area (Å²) in [6.45, 7) is 5.18. The third-order valence-electron chi connectivity index (χ3n) is 4.44. The van der Waals surface area contributed by atoms with E-state index in [1.165, 1.54) is 51.7 Å². The zero-order valence-electron chi connectivity index (χ0n) is 12.3. The molecule has 0 aromatic carbocycles. The van der Waals surface area contributed by atoms with E-state index >= 15 is 0 Å². The maximum Gasteiger partial charge on any atom is 0.225 e. The largest absolute Gasteiger partial charge is 0.384 e. The van der Waals surface area contributed by atoms with Gasteiger partial charge in [0.05, 0.1) is 13.0 Å². The highest BCUT2D eigenvalue weighted by atomic mass is 16.5. The molecule has 19 heavy (non-hydrogen) atoms. The number of carbonyl (C=O) groups excluding carboxylic acids is 1. The van der Waals surface area contributed by atoms with Gasteiger partial charge in [-0.05, 0) is 51.6 Å². The second-order valence-corrected chi connectivity index (χ2v) is 5.82. The van der Waals surface area contributed by atoms with Crippen molar-refractivity contribution >= 4 is 5.91 Å². The van der Waals surface area contributed by atoms with E-state index < -0.39 is 0 Å². The number of piperidine rings is 1. The van der Waals surface area contributed by atoms with Gasteiger partial charge in [0.2, 0.25) is 5.91 Å². The number of nitrogens with zero attached hydrogens (tertiary/aromatic N) is 2. The number of hydrogen-bond acceptors (Lipinski definition) is 3. The Labute approximate surface area is 117 Å². The first kappa shape index (κ1) is 14.8. The fraction of sp³-hybridized carbons (Fsp3) is 0.933. The smallest absolute Gasteiger partial charge is 0.225 e. The first-order valence-corrected chi connectivity index (χ1v) is 7.82. The molecule has 2 fully saturated rings. The molecule has 1 unspecified atom stereocenters. The van der Waals surface area contributed by atoms with Crippen LogP contribution in [0.25, 0.3) is 0 Å². The predicted molar refractivity (Wildman–Crippen MR) is 76.1 cm³/mol. The molecule has 0 radical (unpaired) electrons. The normalized spacial score (nSPS) is 24.9. The summed E-state index contributed by atoms with van der Waals surface area (Å²) >= 11 is 0. The summed E-state index contributed by atoms with van der Waals surface area (Å²) in [5, 5.41) is 0. The van der Waals surface area contributed by atoms with E-state index in [9.17, 15) is 4.79 Å². The number of amides is 1. The van der Waals surface area contributed by atoms with Crippen molar-refractivity contribution in [3.05, 3.63) is 0 Å². The molecule has 1 atom stereocenters. The minimum Gasteiger partial charge on any atom is -0.384 e. The number of hydrogen-bond donors (Lipinski definition) is 0. The third kappa shape index (κ3) is 4.46. The van der Waals surface area contributed by atoms with E-state index in [0.29, 0.717) is 19.1 Å². The van der Waals surface area contributed by atoms with Crippen LogP contribution in [0.1, 0.15) is 44.9 Å². The summed E-state index contributed by atoms with van der Waals surface area (Å²) in [6.07, 6.45) is 8.02. The molecule has 2 heterocycles. The number of carbonyl (C=O) groups is 1. The van der Waals surface area contributed by atoms with Crippen LogP contribution in [0.3, 0.4) is 0 Å². The molecule has 1 amide bonds. The molecule has 110 valence electrons. The fourth-order valence-electron chi connectivity index (χ4n) is 3.30. The monoisotopic (exact) mass is 268 g/mol. The highest BCUT2D eigenvalue weighted by Gasteiger charge is 2.26. The Morgan fingerprint density at radius 2 is 1.89 bits per heavy atom. The average molecular weight is 268 g/mol. The Hall–Kier alpha value is -0.610. The van der Waals surface area contributed by atoms with E-state index in [1.807, 2.05) is 0 Å². The second kappa shape index (κ2) is 7.85. The van der Waals surface area contributed by atoms with Gasteiger partial charge in [0.1, 0.15) is 0 Å². The lowest BCUT2D eigenvalue weighted by Crippen LogP contribution is -2.45. The first-order valence-electron chi connectivity index (χ1n) is 7.82. The Balaban J connectivity index is 1.79. The van der Waals surface area contributed by atoms with Gasteiger partial charge in [-0.15, -0.1) is 0 Å². The lowest BCUT2D eigenvalue weighted by atomic mass is 9.98. The van der Waals surface area contributed by atoms with Crippen molar-refractivity contribution in [2.45, 2.75) is 51.0 Å². The van der Waals surface area contributed by atoms with Gasteiger partial charge in [-0.3, -0.25) is 4.79 Å². The van der Waals surface area contributed by atoms with Crippen LogP contribution < -0.4 is 0 Å². The van der Waals surface area contributed by atoms with Crippen LogP contribution in [0.2, 0.25) is 0 Å². The van der Waals surface area contributed by atoms with E-state index in [4.69, 9.17) is 4.74 Å². The summed E-state index contributed by atoms with van der Waals surface area (Å²) in [5.41, 5.74) is 0. The molecule has 2 saturated heterocycles. The fourth-order valence-corrected chi connectivity index (χ4v) is 3.30. The van der Waals surface area contributed by atoms with E-state index in [0.717, 1.165) is 13.0 Å². The number of methoxy groups -OCH3 is 1. The standard InChI is InChI=1S/C15H28N2O2/c1-19-13-8-15(18)17-11-3-2-6-14(17)7-12-16-9-4-5-10-16/h14H,2-13H2,1H3. The lowest BCUT2D eigenvalue weighted by Gasteiger charge is -2.36. The summed E-state index contributed by atoms with van der Waals surface area (Å²) in [5.74, 6) is 0.285. The zero-order chi connectivity index (χ0) is 13.5. The van der Waals surface area contributed by atoms with Crippen LogP contribution in [0.15, 0.2) is 0 Å². The van der Waals surface area contributed by atoms with Gasteiger partial charge in [0, 0.05) is 26.2 Å². The van der Waals surface area contributed by atoms with Gasteiger partial charge < -0.3 is 14.5 Å². The first-order chi connectivity index (χ1) is 9.31. The van der Waals surface area contributed by atoms with Crippen molar-refractivity contribution in [3.8, 4) is 0 Å². The van der Waals surface area contributed by atoms with Gasteiger partial charge in [-0.25, -0.2) is 0 Å². The van der Waals surface area contributed by atoms with Gasteiger partial charge in [0.15, 0.2) is 0 Å². The number of likely N-dealkylation sites (tertiary alicyclic amines) is 2. The van der Waals surface area contributed by atoms with Crippen molar-refractivity contribution < 1.29 is 9.53 Å². The maximum absolute atomic E-state index is 12.2. The van der Waals surface area contributed by atoms with Crippen LogP contribution in [-0.4, -0.2) is 61.6 Å². The summed E-state index contributed by atoms with van der Waals surface area (Å²) in [6, 6.07) is 0.471. The number of ether oxygens (including phenoxy) is 1. The van der Waals surface area contributed by atoms with Crippen molar-refractivity contribution in [1.82, 2.24) is 9.80 Å². The van der Waals surface area contributed by atoms with Crippen LogP contribution in [0.4, 0.5) is 0 Å². The molecule has 0 spiro atoms. The Kier molecular flexibility index (Phi) is 6.11. The summed E-state index contributed by atoms with van der Waals surface area (Å²) < 4.78 is 5.02. The quantitative estimate of drug-likeness (QED) is 0.737. The molecule has 0 saturated carbocycles. The highest BCUT2D eigenvalue weighted by Crippen LogP contribution is 2.21. The highest BCUT2D eigenvalue weighted by molar-refractivity contribution is 5.76. The van der Waals surface area contributed by atoms with Gasteiger partial charge in [0.25, 0.3) is 0 Å². The Morgan fingerprint density at radius 3 is 2.63 bits per heavy atom. The number of rotatable bonds is 6. The van der Waals surface area contributed by atoms with Crippen LogP contribution in [0, 0.1) is 0 Å². The molecule has 2 aliphatic rings. The lowest BCUT2D eigenvalue weighted by molar-refractivity contribution is -0.136. The molecule has 4 heteroatoms. The summed E-state index contributed by atoms with van der Waals surface area (Å²) in [4.78, 5) is 16.9. The van der Waals surface area contributed by atoms with Crippen LogP contribution in [-0.2, 0) is 9.53 Å². The average Bonchev–Trinajstić information content (AvgIpc) is 2.96. The Morgan fingerprint density at radius 1 is 1.16 bits per heavy atom. The van der Waals surface area contributed by atoms with Gasteiger partial charge >= 0.3 is 0 Å². The van der Waals surface area contributed by atoms with Crippen molar-refractivity contribution in [1.29, 1.82) is 0 Å². The maximum atomic E-state index is 12.2. The van der Waals surface area contributed by atoms with Crippen LogP contribution >= 0.6 is 0 Å². The third-order valence-corrected chi connectivity index (χ3v) is 4.44.